The molecule has 0 spiro atoms. The van der Waals surface area contributed by atoms with Gasteiger partial charge in [-0.25, -0.2) is 9.78 Å². The molecule has 2 heterocycles. The van der Waals surface area contributed by atoms with E-state index >= 15 is 0 Å². The van der Waals surface area contributed by atoms with E-state index in [0.717, 1.165) is 29.5 Å². The van der Waals surface area contributed by atoms with Crippen LogP contribution in [0.2, 0.25) is 0 Å². The molecular weight excluding hydrogens is 262 g/mol. The Kier molecular flexibility index (Phi) is 3.14. The lowest BCUT2D eigenvalue weighted by Gasteiger charge is -2.11. The highest BCUT2D eigenvalue weighted by Crippen LogP contribution is 2.41. The quantitative estimate of drug-likeness (QED) is 0.857. The van der Waals surface area contributed by atoms with Gasteiger partial charge in [-0.05, 0) is 38.2 Å². The molecule has 0 saturated carbocycles. The van der Waals surface area contributed by atoms with Crippen molar-refractivity contribution in [2.75, 3.05) is 6.61 Å². The summed E-state index contributed by atoms with van der Waals surface area (Å²) in [7, 11) is 0. The fraction of sp³-hybridized carbons (Fsp3) is 0.429. The second-order valence-corrected chi connectivity index (χ2v) is 5.72. The van der Waals surface area contributed by atoms with Gasteiger partial charge in [0.25, 0.3) is 0 Å². The highest BCUT2D eigenvalue weighted by atomic mass is 32.1. The summed E-state index contributed by atoms with van der Waals surface area (Å²) in [5.41, 5.74) is 1.34. The van der Waals surface area contributed by atoms with Crippen molar-refractivity contribution in [1.82, 2.24) is 4.98 Å². The summed E-state index contributed by atoms with van der Waals surface area (Å²) in [6.45, 7) is 2.03. The van der Waals surface area contributed by atoms with Gasteiger partial charge in [0.2, 0.25) is 0 Å². The van der Waals surface area contributed by atoms with E-state index in [2.05, 4.69) is 4.98 Å². The monoisotopic (exact) mass is 277 g/mol. The van der Waals surface area contributed by atoms with Crippen LogP contribution in [0.5, 0.6) is 5.75 Å². The smallest absolute Gasteiger partial charge is 0.343 e. The molecule has 0 atom stereocenters. The number of carbonyl (C=O) groups is 1. The molecule has 0 unspecified atom stereocenters. The number of pyridine rings is 1. The third kappa shape index (κ3) is 1.98. The maximum Gasteiger partial charge on any atom is 0.343 e. The van der Waals surface area contributed by atoms with Crippen LogP contribution in [0, 0.1) is 0 Å². The molecule has 0 fully saturated rings. The molecule has 3 rings (SSSR count). The van der Waals surface area contributed by atoms with Gasteiger partial charge in [-0.1, -0.05) is 0 Å². The number of ether oxygens (including phenoxy) is 1. The lowest BCUT2D eigenvalue weighted by molar-refractivity contribution is 0.0523. The zero-order valence-corrected chi connectivity index (χ0v) is 11.5. The Morgan fingerprint density at radius 3 is 3.05 bits per heavy atom. The number of aromatic nitrogens is 1. The number of aryl methyl sites for hydroxylation is 2. The molecule has 1 aliphatic rings. The van der Waals surface area contributed by atoms with Crippen LogP contribution in [0.1, 0.15) is 40.6 Å². The van der Waals surface area contributed by atoms with E-state index in [0.29, 0.717) is 0 Å². The standard InChI is InChI=1S/C14H15NO3S/c1-2-18-14(17)9-7-15-13-11(12(9)16)8-5-3-4-6-10(8)19-13/h7H,2-6H2,1H3,(H,15,16). The first-order chi connectivity index (χ1) is 9.22. The van der Waals surface area contributed by atoms with Crippen molar-refractivity contribution in [3.05, 3.63) is 22.2 Å². The highest BCUT2D eigenvalue weighted by molar-refractivity contribution is 7.18. The average molecular weight is 277 g/mol. The largest absolute Gasteiger partial charge is 0.506 e. The Morgan fingerprint density at radius 2 is 2.26 bits per heavy atom. The van der Waals surface area contributed by atoms with Gasteiger partial charge in [0, 0.05) is 11.1 Å². The van der Waals surface area contributed by atoms with Gasteiger partial charge in [0.05, 0.1) is 12.0 Å². The molecule has 0 saturated heterocycles. The van der Waals surface area contributed by atoms with E-state index in [4.69, 9.17) is 4.74 Å². The fourth-order valence-electron chi connectivity index (χ4n) is 2.56. The van der Waals surface area contributed by atoms with Gasteiger partial charge in [0.1, 0.15) is 16.1 Å². The SMILES string of the molecule is CCOC(=O)c1cnc2sc3c(c2c1O)CCCC3. The maximum atomic E-state index is 11.8. The van der Waals surface area contributed by atoms with Crippen molar-refractivity contribution >= 4 is 27.5 Å². The van der Waals surface area contributed by atoms with Crippen LogP contribution in [-0.4, -0.2) is 22.7 Å². The molecule has 2 aromatic heterocycles. The first-order valence-electron chi connectivity index (χ1n) is 6.51. The molecular formula is C14H15NO3S. The predicted octanol–water partition coefficient (Wildman–Crippen LogP) is 3.06. The predicted molar refractivity (Wildman–Crippen MR) is 73.9 cm³/mol. The number of aromatic hydroxyl groups is 1. The molecule has 0 radical (unpaired) electrons. The molecule has 0 aromatic carbocycles. The number of hydrogen-bond acceptors (Lipinski definition) is 5. The number of nitrogens with zero attached hydrogens (tertiary/aromatic N) is 1. The normalized spacial score (nSPS) is 14.4. The molecule has 0 aliphatic heterocycles. The van der Waals surface area contributed by atoms with Crippen LogP contribution >= 0.6 is 11.3 Å². The van der Waals surface area contributed by atoms with Crippen molar-refractivity contribution in [2.24, 2.45) is 0 Å². The van der Waals surface area contributed by atoms with E-state index in [-0.39, 0.29) is 17.9 Å². The first-order valence-corrected chi connectivity index (χ1v) is 7.33. The second kappa shape index (κ2) is 4.81. The Bertz CT molecular complexity index is 648. The van der Waals surface area contributed by atoms with Gasteiger partial charge in [-0.3, -0.25) is 0 Å². The van der Waals surface area contributed by atoms with E-state index in [9.17, 15) is 9.90 Å². The second-order valence-electron chi connectivity index (χ2n) is 4.63. The summed E-state index contributed by atoms with van der Waals surface area (Å²) in [5.74, 6) is -0.479. The molecule has 5 heteroatoms. The summed E-state index contributed by atoms with van der Waals surface area (Å²) < 4.78 is 4.94. The summed E-state index contributed by atoms with van der Waals surface area (Å²) >= 11 is 1.62. The van der Waals surface area contributed by atoms with Crippen LogP contribution in [0.15, 0.2) is 6.20 Å². The lowest BCUT2D eigenvalue weighted by atomic mass is 9.96. The zero-order valence-electron chi connectivity index (χ0n) is 10.7. The molecule has 4 nitrogen and oxygen atoms in total. The molecule has 1 aliphatic carbocycles. The summed E-state index contributed by atoms with van der Waals surface area (Å²) in [6.07, 6.45) is 5.73. The van der Waals surface area contributed by atoms with Gasteiger partial charge in [-0.2, -0.15) is 0 Å². The van der Waals surface area contributed by atoms with Crippen LogP contribution in [0.4, 0.5) is 0 Å². The van der Waals surface area contributed by atoms with Crippen molar-refractivity contribution < 1.29 is 14.6 Å². The van der Waals surface area contributed by atoms with Gasteiger partial charge < -0.3 is 9.84 Å². The summed E-state index contributed by atoms with van der Waals surface area (Å²) in [6, 6.07) is 0. The van der Waals surface area contributed by atoms with Crippen LogP contribution in [0.3, 0.4) is 0 Å². The molecule has 0 amide bonds. The molecule has 0 bridgehead atoms. The van der Waals surface area contributed by atoms with Crippen molar-refractivity contribution in [1.29, 1.82) is 0 Å². The minimum Gasteiger partial charge on any atom is -0.506 e. The lowest BCUT2D eigenvalue weighted by Crippen LogP contribution is -2.06. The van der Waals surface area contributed by atoms with Crippen LogP contribution < -0.4 is 0 Å². The minimum atomic E-state index is -0.509. The average Bonchev–Trinajstić information content (AvgIpc) is 2.78. The third-order valence-corrected chi connectivity index (χ3v) is 4.65. The van der Waals surface area contributed by atoms with E-state index in [1.54, 1.807) is 18.3 Å². The maximum absolute atomic E-state index is 11.8. The Balaban J connectivity index is 2.18. The summed E-state index contributed by atoms with van der Waals surface area (Å²) in [4.78, 5) is 18.2. The zero-order chi connectivity index (χ0) is 13.4. The summed E-state index contributed by atoms with van der Waals surface area (Å²) in [5, 5.41) is 11.1. The van der Waals surface area contributed by atoms with Crippen LogP contribution in [-0.2, 0) is 17.6 Å². The van der Waals surface area contributed by atoms with Gasteiger partial charge in [0.15, 0.2) is 0 Å². The van der Waals surface area contributed by atoms with Crippen LogP contribution in [0.25, 0.3) is 10.2 Å². The number of hydrogen-bond donors (Lipinski definition) is 1. The third-order valence-electron chi connectivity index (χ3n) is 3.45. The van der Waals surface area contributed by atoms with Gasteiger partial charge >= 0.3 is 5.97 Å². The van der Waals surface area contributed by atoms with Gasteiger partial charge in [-0.15, -0.1) is 11.3 Å². The highest BCUT2D eigenvalue weighted by Gasteiger charge is 2.23. The Hall–Kier alpha value is -1.62. The minimum absolute atomic E-state index is 0.0304. The number of carbonyl (C=O) groups excluding carboxylic acids is 1. The Morgan fingerprint density at radius 1 is 1.47 bits per heavy atom. The molecule has 2 aromatic rings. The van der Waals surface area contributed by atoms with Crippen molar-refractivity contribution in [2.45, 2.75) is 32.6 Å². The topological polar surface area (TPSA) is 59.4 Å². The number of thiophene rings is 1. The van der Waals surface area contributed by atoms with E-state index < -0.39 is 5.97 Å². The Labute approximate surface area is 115 Å². The van der Waals surface area contributed by atoms with Crippen molar-refractivity contribution in [3.8, 4) is 5.75 Å². The number of rotatable bonds is 2. The molecule has 19 heavy (non-hydrogen) atoms. The van der Waals surface area contributed by atoms with E-state index in [1.807, 2.05) is 0 Å². The molecule has 1 N–H and O–H groups in total. The number of esters is 1. The fourth-order valence-corrected chi connectivity index (χ4v) is 3.80. The first kappa shape index (κ1) is 12.4. The number of fused-ring (bicyclic) bond motifs is 3. The van der Waals surface area contributed by atoms with E-state index in [1.165, 1.54) is 23.1 Å². The van der Waals surface area contributed by atoms with Crippen molar-refractivity contribution in [3.63, 3.8) is 0 Å². The molecule has 100 valence electrons.